The van der Waals surface area contributed by atoms with Crippen LogP contribution in [-0.2, 0) is 0 Å². The van der Waals surface area contributed by atoms with Crippen LogP contribution >= 0.6 is 89.9 Å². The molecule has 0 aliphatic carbocycles. The van der Waals surface area contributed by atoms with Crippen molar-refractivity contribution in [2.45, 2.75) is 11.9 Å². The number of amides is 2. The zero-order valence-corrected chi connectivity index (χ0v) is 22.7. The first-order valence-electron chi connectivity index (χ1n) is 8.40. The summed E-state index contributed by atoms with van der Waals surface area (Å²) >= 11 is 16.8. The maximum Gasteiger partial charge on any atom is 0.329 e. The highest BCUT2D eigenvalue weighted by Gasteiger charge is 2.36. The average Bonchev–Trinajstić information content (AvgIpc) is 3.14. The molecule has 13 heteroatoms. The van der Waals surface area contributed by atoms with Crippen molar-refractivity contribution in [2.75, 3.05) is 36.6 Å². The van der Waals surface area contributed by atoms with Gasteiger partial charge < -0.3 is 0 Å². The van der Waals surface area contributed by atoms with Crippen LogP contribution < -0.4 is 4.73 Å². The molecule has 1 aliphatic rings. The highest BCUT2D eigenvalue weighted by molar-refractivity contribution is 14.2. The van der Waals surface area contributed by atoms with Gasteiger partial charge in [-0.2, -0.15) is 0 Å². The van der Waals surface area contributed by atoms with E-state index in [4.69, 9.17) is 24.4 Å². The third-order valence-corrected chi connectivity index (χ3v) is 9.60. The van der Waals surface area contributed by atoms with E-state index < -0.39 is 5.91 Å². The Morgan fingerprint density at radius 1 is 1.41 bits per heavy atom. The Kier molecular flexibility index (Phi) is 10.8. The van der Waals surface area contributed by atoms with Crippen molar-refractivity contribution >= 4 is 110 Å². The minimum absolute atomic E-state index is 0.0581. The van der Waals surface area contributed by atoms with Crippen LogP contribution in [0.25, 0.3) is 0 Å². The molecule has 0 saturated carbocycles. The molecule has 1 saturated heterocycles. The van der Waals surface area contributed by atoms with Crippen LogP contribution in [-0.4, -0.2) is 72.1 Å². The highest BCUT2D eigenvalue weighted by atomic mass is 127. The Morgan fingerprint density at radius 2 is 2.14 bits per heavy atom. The zero-order valence-electron chi connectivity index (χ0n) is 15.6. The number of thioether (sulfide) groups is 3. The molecule has 0 bridgehead atoms. The first-order valence-corrected chi connectivity index (χ1v) is 15.9. The molecule has 1 fully saturated rings. The fourth-order valence-electron chi connectivity index (χ4n) is 2.49. The van der Waals surface area contributed by atoms with Crippen molar-refractivity contribution in [1.29, 1.82) is 0 Å². The maximum absolute atomic E-state index is 13.1. The molecule has 0 spiro atoms. The zero-order chi connectivity index (χ0) is 21.6. The lowest BCUT2D eigenvalue weighted by molar-refractivity contribution is -0.933. The lowest BCUT2D eigenvalue weighted by Crippen LogP contribution is -2.47. The van der Waals surface area contributed by atoms with Crippen LogP contribution in [0.3, 0.4) is 0 Å². The summed E-state index contributed by atoms with van der Waals surface area (Å²) in [6.07, 6.45) is 1.80. The number of hydrogen-bond acceptors (Lipinski definition) is 9. The molecule has 2 heterocycles. The van der Waals surface area contributed by atoms with Gasteiger partial charge in [-0.15, -0.1) is 0 Å². The molecular weight excluding hydrogens is 602 g/mol. The number of rotatable bonds is 7. The number of carbonyl (C=O) groups is 2. The van der Waals surface area contributed by atoms with E-state index >= 15 is 0 Å². The number of pyridine rings is 1. The SMILES string of the molecule is CCN(C(=O)c1ccc(C(=O)N2CCSC2=S)c(SCCSI)[n+]1O)C(=S)SC. The van der Waals surface area contributed by atoms with E-state index in [1.165, 1.54) is 51.2 Å². The van der Waals surface area contributed by atoms with E-state index in [9.17, 15) is 14.8 Å². The van der Waals surface area contributed by atoms with Crippen molar-refractivity contribution in [3.8, 4) is 0 Å². The van der Waals surface area contributed by atoms with Crippen LogP contribution in [0.2, 0.25) is 0 Å². The van der Waals surface area contributed by atoms with Crippen LogP contribution in [0.5, 0.6) is 0 Å². The average molecular weight is 621 g/mol. The Labute approximate surface area is 209 Å². The normalized spacial score (nSPS) is 13.6. The van der Waals surface area contributed by atoms with Gasteiger partial charge in [0.05, 0.1) is 0 Å². The molecule has 0 atom stereocenters. The van der Waals surface area contributed by atoms with E-state index in [1.54, 1.807) is 21.3 Å². The first-order chi connectivity index (χ1) is 13.9. The van der Waals surface area contributed by atoms with Crippen molar-refractivity contribution in [3.63, 3.8) is 0 Å². The van der Waals surface area contributed by atoms with Gasteiger partial charge >= 0.3 is 16.6 Å². The van der Waals surface area contributed by atoms with Gasteiger partial charge in [0, 0.05) is 41.1 Å². The number of thiocarbonyl (C=S) groups is 2. The van der Waals surface area contributed by atoms with Crippen LogP contribution in [0.1, 0.15) is 27.8 Å². The summed E-state index contributed by atoms with van der Waals surface area (Å²) in [6.45, 7) is 2.74. The standard InChI is InChI=1S/C16H19IN3O3S6/c1-3-18(15(24)26-2)13(22)11-5-4-10(12(21)19-6-7-28-16(19)25)14(20(11)23)27-8-9-29-17/h4-5,23H,3,6-9H2,1-2H3/q+1. The van der Waals surface area contributed by atoms with E-state index in [1.807, 2.05) is 6.92 Å². The molecule has 1 aromatic heterocycles. The molecule has 0 aromatic carbocycles. The Bertz CT molecular complexity index is 825. The minimum atomic E-state index is -0.411. The van der Waals surface area contributed by atoms with Gasteiger partial charge in [-0.25, -0.2) is 0 Å². The third kappa shape index (κ3) is 6.13. The van der Waals surface area contributed by atoms with Gasteiger partial charge in [-0.05, 0) is 40.5 Å². The summed E-state index contributed by atoms with van der Waals surface area (Å²) in [4.78, 5) is 29.0. The molecule has 29 heavy (non-hydrogen) atoms. The molecule has 6 nitrogen and oxygen atoms in total. The van der Waals surface area contributed by atoms with Gasteiger partial charge in [0.2, 0.25) is 0 Å². The largest absolute Gasteiger partial charge is 0.329 e. The van der Waals surface area contributed by atoms with E-state index in [-0.39, 0.29) is 11.6 Å². The fourth-order valence-corrected chi connectivity index (χ4v) is 7.26. The third-order valence-electron chi connectivity index (χ3n) is 3.87. The predicted octanol–water partition coefficient (Wildman–Crippen LogP) is 3.97. The number of nitrogens with zero attached hydrogens (tertiary/aromatic N) is 3. The molecule has 0 radical (unpaired) electrons. The van der Waals surface area contributed by atoms with Crippen molar-refractivity contribution < 1.29 is 19.5 Å². The van der Waals surface area contributed by atoms with E-state index in [0.717, 1.165) is 16.2 Å². The number of halogens is 1. The summed E-state index contributed by atoms with van der Waals surface area (Å²) in [5.41, 5.74) is 0.385. The van der Waals surface area contributed by atoms with E-state index in [2.05, 4.69) is 21.2 Å². The number of aromatic nitrogens is 1. The van der Waals surface area contributed by atoms with Gasteiger partial charge in [-0.1, -0.05) is 68.7 Å². The van der Waals surface area contributed by atoms with E-state index in [0.29, 0.717) is 38.1 Å². The summed E-state index contributed by atoms with van der Waals surface area (Å²) < 4.78 is 1.77. The van der Waals surface area contributed by atoms with Gasteiger partial charge in [0.15, 0.2) is 0 Å². The smallest absolute Gasteiger partial charge is 0.293 e. The predicted molar refractivity (Wildman–Crippen MR) is 140 cm³/mol. The quantitative estimate of drug-likeness (QED) is 0.122. The summed E-state index contributed by atoms with van der Waals surface area (Å²) in [6, 6.07) is 3.05. The van der Waals surface area contributed by atoms with Crippen molar-refractivity contribution in [1.82, 2.24) is 9.80 Å². The van der Waals surface area contributed by atoms with Crippen molar-refractivity contribution in [2.24, 2.45) is 0 Å². The summed E-state index contributed by atoms with van der Waals surface area (Å²) in [7, 11) is 1.64. The molecule has 1 N–H and O–H groups in total. The van der Waals surface area contributed by atoms with Crippen LogP contribution in [0.15, 0.2) is 17.2 Å². The minimum Gasteiger partial charge on any atom is -0.293 e. The second kappa shape index (κ2) is 12.3. The summed E-state index contributed by atoms with van der Waals surface area (Å²) in [5.74, 6) is 1.58. The molecular formula is C16H19IN3O3S6+. The Balaban J connectivity index is 2.46. The molecule has 2 rings (SSSR count). The monoisotopic (exact) mass is 620 g/mol. The lowest BCUT2D eigenvalue weighted by atomic mass is 10.2. The topological polar surface area (TPSA) is 64.7 Å². The van der Waals surface area contributed by atoms with Crippen LogP contribution in [0.4, 0.5) is 0 Å². The number of carbonyl (C=O) groups excluding carboxylic acids is 2. The Morgan fingerprint density at radius 3 is 2.69 bits per heavy atom. The molecule has 0 unspecified atom stereocenters. The number of hydrogen-bond donors (Lipinski definition) is 1. The molecule has 1 aromatic rings. The van der Waals surface area contributed by atoms with Gasteiger partial charge in [-0.3, -0.25) is 24.6 Å². The molecule has 1 aliphatic heterocycles. The molecule has 158 valence electrons. The van der Waals surface area contributed by atoms with Gasteiger partial charge in [0.25, 0.3) is 5.91 Å². The lowest BCUT2D eigenvalue weighted by Gasteiger charge is -2.19. The highest BCUT2D eigenvalue weighted by Crippen LogP contribution is 2.27. The second-order valence-corrected chi connectivity index (χ2v) is 12.2. The van der Waals surface area contributed by atoms with Crippen molar-refractivity contribution in [3.05, 3.63) is 23.4 Å². The molecule has 2 amide bonds. The first kappa shape index (κ1) is 25.5. The second-order valence-electron chi connectivity index (χ2n) is 5.50. The van der Waals surface area contributed by atoms with Gasteiger partial charge in [0.1, 0.15) is 14.2 Å². The Hall–Kier alpha value is 0.200. The summed E-state index contributed by atoms with van der Waals surface area (Å²) in [5, 5.41) is 11.2. The van der Waals surface area contributed by atoms with Crippen LogP contribution in [0, 0.1) is 0 Å². The maximum atomic E-state index is 13.1. The fraction of sp³-hybridized carbons (Fsp3) is 0.438.